The highest BCUT2D eigenvalue weighted by atomic mass is 16.5. The molecule has 0 spiro atoms. The second kappa shape index (κ2) is 9.56. The molecule has 1 atom stereocenters. The number of rotatable bonds is 9. The van der Waals surface area contributed by atoms with Crippen LogP contribution in [-0.4, -0.2) is 57.4 Å². The minimum atomic E-state index is -0.357. The first kappa shape index (κ1) is 18.6. The zero-order valence-corrected chi connectivity index (χ0v) is 14.2. The molecule has 1 aromatic carbocycles. The Morgan fingerprint density at radius 3 is 2.05 bits per heavy atom. The SMILES string of the molecule is COCCN(CCOC)C(C)C(=O)Oc1c(C)cccc1C. The summed E-state index contributed by atoms with van der Waals surface area (Å²) in [5.41, 5.74) is 1.92. The Hall–Kier alpha value is -1.43. The van der Waals surface area contributed by atoms with Crippen LogP contribution in [0.3, 0.4) is 0 Å². The van der Waals surface area contributed by atoms with Gasteiger partial charge in [0.25, 0.3) is 0 Å². The van der Waals surface area contributed by atoms with Crippen molar-refractivity contribution in [2.45, 2.75) is 26.8 Å². The minimum absolute atomic E-state index is 0.260. The molecular weight excluding hydrogens is 282 g/mol. The highest BCUT2D eigenvalue weighted by Gasteiger charge is 2.23. The van der Waals surface area contributed by atoms with E-state index in [1.807, 2.05) is 43.9 Å². The van der Waals surface area contributed by atoms with Crippen molar-refractivity contribution in [3.63, 3.8) is 0 Å². The van der Waals surface area contributed by atoms with Gasteiger partial charge in [-0.25, -0.2) is 4.79 Å². The van der Waals surface area contributed by atoms with E-state index in [1.54, 1.807) is 14.2 Å². The van der Waals surface area contributed by atoms with E-state index in [9.17, 15) is 4.79 Å². The number of methoxy groups -OCH3 is 2. The van der Waals surface area contributed by atoms with Crippen molar-refractivity contribution in [2.24, 2.45) is 0 Å². The van der Waals surface area contributed by atoms with Gasteiger partial charge in [0.15, 0.2) is 0 Å². The van der Waals surface area contributed by atoms with E-state index < -0.39 is 0 Å². The van der Waals surface area contributed by atoms with Crippen LogP contribution in [0.15, 0.2) is 18.2 Å². The van der Waals surface area contributed by atoms with Crippen LogP contribution in [0.5, 0.6) is 5.75 Å². The summed E-state index contributed by atoms with van der Waals surface area (Å²) in [6.07, 6.45) is 0. The Kier molecular flexibility index (Phi) is 8.09. The van der Waals surface area contributed by atoms with Crippen LogP contribution in [0.25, 0.3) is 0 Å². The van der Waals surface area contributed by atoms with Crippen molar-refractivity contribution in [3.05, 3.63) is 29.3 Å². The van der Waals surface area contributed by atoms with Crippen LogP contribution in [-0.2, 0) is 14.3 Å². The third-order valence-corrected chi connectivity index (χ3v) is 3.67. The highest BCUT2D eigenvalue weighted by molar-refractivity contribution is 5.78. The number of aryl methyl sites for hydroxylation is 2. The Morgan fingerprint density at radius 1 is 1.09 bits per heavy atom. The van der Waals surface area contributed by atoms with Gasteiger partial charge >= 0.3 is 5.97 Å². The maximum absolute atomic E-state index is 12.4. The first-order valence-electron chi connectivity index (χ1n) is 7.51. The number of nitrogens with zero attached hydrogens (tertiary/aromatic N) is 1. The van der Waals surface area contributed by atoms with Gasteiger partial charge in [-0.05, 0) is 31.9 Å². The zero-order chi connectivity index (χ0) is 16.5. The lowest BCUT2D eigenvalue weighted by Gasteiger charge is -2.27. The molecule has 0 aliphatic rings. The third kappa shape index (κ3) is 5.40. The Labute approximate surface area is 133 Å². The number of para-hydroxylation sites is 1. The van der Waals surface area contributed by atoms with Gasteiger partial charge < -0.3 is 14.2 Å². The molecule has 1 unspecified atom stereocenters. The molecule has 0 fully saturated rings. The largest absolute Gasteiger partial charge is 0.425 e. The van der Waals surface area contributed by atoms with Crippen molar-refractivity contribution in [1.82, 2.24) is 4.90 Å². The average molecular weight is 309 g/mol. The van der Waals surface area contributed by atoms with Crippen LogP contribution < -0.4 is 4.74 Å². The summed E-state index contributed by atoms with van der Waals surface area (Å²) in [6.45, 7) is 8.16. The van der Waals surface area contributed by atoms with Gasteiger partial charge in [0.05, 0.1) is 13.2 Å². The van der Waals surface area contributed by atoms with Gasteiger partial charge in [-0.1, -0.05) is 18.2 Å². The van der Waals surface area contributed by atoms with Crippen molar-refractivity contribution in [3.8, 4) is 5.75 Å². The fourth-order valence-electron chi connectivity index (χ4n) is 2.21. The normalized spacial score (nSPS) is 12.5. The van der Waals surface area contributed by atoms with E-state index in [4.69, 9.17) is 14.2 Å². The van der Waals surface area contributed by atoms with E-state index in [0.717, 1.165) is 11.1 Å². The van der Waals surface area contributed by atoms with Crippen molar-refractivity contribution < 1.29 is 19.0 Å². The number of carbonyl (C=O) groups is 1. The maximum Gasteiger partial charge on any atom is 0.328 e. The van der Waals surface area contributed by atoms with Crippen molar-refractivity contribution >= 4 is 5.97 Å². The van der Waals surface area contributed by atoms with E-state index in [1.165, 1.54) is 0 Å². The Bertz CT molecular complexity index is 447. The molecule has 0 amide bonds. The third-order valence-electron chi connectivity index (χ3n) is 3.67. The van der Waals surface area contributed by atoms with Crippen LogP contribution >= 0.6 is 0 Å². The summed E-state index contributed by atoms with van der Waals surface area (Å²) in [6, 6.07) is 5.47. The Morgan fingerprint density at radius 2 is 1.59 bits per heavy atom. The van der Waals surface area contributed by atoms with Crippen molar-refractivity contribution in [2.75, 3.05) is 40.5 Å². The summed E-state index contributed by atoms with van der Waals surface area (Å²) in [5, 5.41) is 0. The molecule has 0 saturated heterocycles. The monoisotopic (exact) mass is 309 g/mol. The fraction of sp³-hybridized carbons (Fsp3) is 0.588. The molecule has 1 aromatic rings. The van der Waals surface area contributed by atoms with E-state index >= 15 is 0 Å². The van der Waals surface area contributed by atoms with Gasteiger partial charge in [0, 0.05) is 27.3 Å². The fourth-order valence-corrected chi connectivity index (χ4v) is 2.21. The zero-order valence-electron chi connectivity index (χ0n) is 14.2. The molecule has 5 heteroatoms. The average Bonchev–Trinajstić information content (AvgIpc) is 2.50. The predicted molar refractivity (Wildman–Crippen MR) is 86.3 cm³/mol. The topological polar surface area (TPSA) is 48.0 Å². The van der Waals surface area contributed by atoms with Gasteiger partial charge in [-0.3, -0.25) is 4.90 Å². The smallest absolute Gasteiger partial charge is 0.328 e. The molecule has 0 radical (unpaired) electrons. The lowest BCUT2D eigenvalue weighted by Crippen LogP contribution is -2.44. The van der Waals surface area contributed by atoms with Crippen LogP contribution in [0.2, 0.25) is 0 Å². The number of esters is 1. The van der Waals surface area contributed by atoms with Crippen LogP contribution in [0, 0.1) is 13.8 Å². The maximum atomic E-state index is 12.4. The highest BCUT2D eigenvalue weighted by Crippen LogP contribution is 2.23. The van der Waals surface area contributed by atoms with Gasteiger partial charge in [0.2, 0.25) is 0 Å². The second-order valence-corrected chi connectivity index (χ2v) is 5.34. The molecule has 22 heavy (non-hydrogen) atoms. The second-order valence-electron chi connectivity index (χ2n) is 5.34. The first-order valence-corrected chi connectivity index (χ1v) is 7.51. The molecular formula is C17H27NO4. The lowest BCUT2D eigenvalue weighted by molar-refractivity contribution is -0.140. The number of benzene rings is 1. The Balaban J connectivity index is 2.75. The molecule has 1 rings (SSSR count). The van der Waals surface area contributed by atoms with E-state index in [0.29, 0.717) is 32.1 Å². The summed E-state index contributed by atoms with van der Waals surface area (Å²) < 4.78 is 15.8. The molecule has 5 nitrogen and oxygen atoms in total. The van der Waals surface area contributed by atoms with Gasteiger partial charge in [-0.15, -0.1) is 0 Å². The lowest BCUT2D eigenvalue weighted by atomic mass is 10.1. The van der Waals surface area contributed by atoms with Gasteiger partial charge in [-0.2, -0.15) is 0 Å². The quantitative estimate of drug-likeness (QED) is 0.517. The molecule has 0 bridgehead atoms. The van der Waals surface area contributed by atoms with Crippen LogP contribution in [0.1, 0.15) is 18.1 Å². The summed E-state index contributed by atoms with van der Waals surface area (Å²) in [7, 11) is 3.29. The summed E-state index contributed by atoms with van der Waals surface area (Å²) in [5.74, 6) is 0.391. The van der Waals surface area contributed by atoms with Crippen LogP contribution in [0.4, 0.5) is 0 Å². The number of ether oxygens (including phenoxy) is 3. The summed E-state index contributed by atoms with van der Waals surface area (Å²) in [4.78, 5) is 14.4. The first-order chi connectivity index (χ1) is 10.5. The molecule has 0 aliphatic carbocycles. The number of hydrogen-bond acceptors (Lipinski definition) is 5. The molecule has 0 aliphatic heterocycles. The predicted octanol–water partition coefficient (Wildman–Crippen LogP) is 2.19. The van der Waals surface area contributed by atoms with E-state index in [2.05, 4.69) is 0 Å². The number of carbonyl (C=O) groups excluding carboxylic acids is 1. The molecule has 0 aromatic heterocycles. The molecule has 0 saturated carbocycles. The standard InChI is InChI=1S/C17H27NO4/c1-13-7-6-8-14(2)16(13)22-17(19)15(3)18(9-11-20-4)10-12-21-5/h6-8,15H,9-12H2,1-5H3. The van der Waals surface area contributed by atoms with E-state index in [-0.39, 0.29) is 12.0 Å². The minimum Gasteiger partial charge on any atom is -0.425 e. The molecule has 0 N–H and O–H groups in total. The molecule has 0 heterocycles. The number of hydrogen-bond donors (Lipinski definition) is 0. The van der Waals surface area contributed by atoms with Gasteiger partial charge in [0.1, 0.15) is 11.8 Å². The molecule has 124 valence electrons. The summed E-state index contributed by atoms with van der Waals surface area (Å²) >= 11 is 0. The van der Waals surface area contributed by atoms with Crippen molar-refractivity contribution in [1.29, 1.82) is 0 Å².